The van der Waals surface area contributed by atoms with Crippen molar-refractivity contribution in [3.8, 4) is 0 Å². The molecule has 6 heteroatoms. The second kappa shape index (κ2) is 10.2. The number of β-lactam (4-membered cyclic amide) rings is 1. The van der Waals surface area contributed by atoms with Crippen molar-refractivity contribution < 1.29 is 14.3 Å². The number of allylic oxidation sites excluding steroid dienone is 1. The summed E-state index contributed by atoms with van der Waals surface area (Å²) in [6.45, 7) is 3.87. The van der Waals surface area contributed by atoms with Crippen LogP contribution in [0, 0.1) is 0 Å². The largest absolute Gasteiger partial charge is 0.448 e. The second-order valence-corrected chi connectivity index (χ2v) is 9.33. The maximum absolute atomic E-state index is 13.6. The fourth-order valence-electron chi connectivity index (χ4n) is 4.23. The van der Waals surface area contributed by atoms with Crippen LogP contribution in [-0.2, 0) is 14.3 Å². The zero-order chi connectivity index (χ0) is 24.2. The highest BCUT2D eigenvalue weighted by atomic mass is 32.2. The molecule has 5 rings (SSSR count). The van der Waals surface area contributed by atoms with E-state index in [0.717, 1.165) is 16.7 Å². The minimum absolute atomic E-state index is 0.211. The van der Waals surface area contributed by atoms with Gasteiger partial charge in [0.05, 0.1) is 0 Å². The third-order valence-electron chi connectivity index (χ3n) is 6.02. The van der Waals surface area contributed by atoms with Gasteiger partial charge in [0.25, 0.3) is 5.91 Å². The highest BCUT2D eigenvalue weighted by molar-refractivity contribution is 8.00. The van der Waals surface area contributed by atoms with Crippen LogP contribution >= 0.6 is 11.8 Å². The standard InChI is InChI=1S/C29H24N2O3S/c1-2-21-19-35-28-24(30-18-20-12-6-3-7-13-20)27(32)31(28)25(21)29(33)34-26(22-14-8-4-9-15-22)23-16-10-5-11-17-23/h2-18,24,26,28H,1,19H2/b30-18+/t24?,28-/m1/s1. The summed E-state index contributed by atoms with van der Waals surface area (Å²) in [5.74, 6) is -0.195. The molecular formula is C29H24N2O3S. The lowest BCUT2D eigenvalue weighted by Crippen LogP contribution is -2.64. The van der Waals surface area contributed by atoms with Crippen LogP contribution in [-0.4, -0.2) is 40.2 Å². The molecule has 0 radical (unpaired) electrons. The molecule has 3 aromatic rings. The zero-order valence-electron chi connectivity index (χ0n) is 19.0. The topological polar surface area (TPSA) is 59.0 Å². The molecule has 5 nitrogen and oxygen atoms in total. The second-order valence-electron chi connectivity index (χ2n) is 8.23. The molecule has 35 heavy (non-hydrogen) atoms. The molecule has 2 aliphatic rings. The average Bonchev–Trinajstić information content (AvgIpc) is 2.92. The Morgan fingerprint density at radius 2 is 1.54 bits per heavy atom. The summed E-state index contributed by atoms with van der Waals surface area (Å²) in [7, 11) is 0. The molecule has 3 aromatic carbocycles. The van der Waals surface area contributed by atoms with Crippen molar-refractivity contribution in [1.29, 1.82) is 0 Å². The van der Waals surface area contributed by atoms with Gasteiger partial charge in [-0.25, -0.2) is 4.79 Å². The van der Waals surface area contributed by atoms with Gasteiger partial charge in [0.2, 0.25) is 0 Å². The van der Waals surface area contributed by atoms with Crippen LogP contribution in [0.5, 0.6) is 0 Å². The van der Waals surface area contributed by atoms with Gasteiger partial charge in [0.15, 0.2) is 12.1 Å². The van der Waals surface area contributed by atoms with Crippen molar-refractivity contribution >= 4 is 29.9 Å². The quantitative estimate of drug-likeness (QED) is 0.266. The smallest absolute Gasteiger partial charge is 0.356 e. The third kappa shape index (κ3) is 4.57. The highest BCUT2D eigenvalue weighted by Gasteiger charge is 2.53. The number of esters is 1. The third-order valence-corrected chi connectivity index (χ3v) is 7.31. The molecule has 1 unspecified atom stereocenters. The molecule has 0 saturated carbocycles. The number of fused-ring (bicyclic) bond motifs is 1. The van der Waals surface area contributed by atoms with Gasteiger partial charge in [0.1, 0.15) is 11.1 Å². The Morgan fingerprint density at radius 1 is 0.971 bits per heavy atom. The van der Waals surface area contributed by atoms with E-state index in [1.54, 1.807) is 24.1 Å². The Hall–Kier alpha value is -3.90. The van der Waals surface area contributed by atoms with Crippen molar-refractivity contribution in [2.75, 3.05) is 5.75 Å². The Balaban J connectivity index is 1.41. The van der Waals surface area contributed by atoms with E-state index in [1.807, 2.05) is 91.0 Å². The van der Waals surface area contributed by atoms with E-state index in [9.17, 15) is 9.59 Å². The first kappa shape index (κ1) is 22.9. The molecule has 1 fully saturated rings. The van der Waals surface area contributed by atoms with Crippen LogP contribution in [0.1, 0.15) is 22.8 Å². The molecule has 1 amide bonds. The first-order valence-electron chi connectivity index (χ1n) is 11.4. The van der Waals surface area contributed by atoms with Gasteiger partial charge in [0, 0.05) is 12.0 Å². The number of nitrogens with zero attached hydrogens (tertiary/aromatic N) is 2. The number of thioether (sulfide) groups is 1. The van der Waals surface area contributed by atoms with Crippen molar-refractivity contribution in [3.05, 3.63) is 132 Å². The number of carbonyl (C=O) groups excluding carboxylic acids is 2. The number of hydrogen-bond acceptors (Lipinski definition) is 5. The van der Waals surface area contributed by atoms with Crippen molar-refractivity contribution in [1.82, 2.24) is 4.90 Å². The predicted octanol–water partition coefficient (Wildman–Crippen LogP) is 5.16. The van der Waals surface area contributed by atoms with Gasteiger partial charge in [-0.2, -0.15) is 0 Å². The minimum atomic E-state index is -0.597. The van der Waals surface area contributed by atoms with Gasteiger partial charge >= 0.3 is 5.97 Å². The summed E-state index contributed by atoms with van der Waals surface area (Å²) in [6.07, 6.45) is 2.75. The van der Waals surface area contributed by atoms with Gasteiger partial charge in [-0.3, -0.25) is 14.7 Å². The number of benzene rings is 3. The van der Waals surface area contributed by atoms with E-state index in [2.05, 4.69) is 11.6 Å². The van der Waals surface area contributed by atoms with Crippen LogP contribution in [0.3, 0.4) is 0 Å². The fourth-order valence-corrected chi connectivity index (χ4v) is 5.56. The van der Waals surface area contributed by atoms with E-state index in [1.165, 1.54) is 4.90 Å². The Morgan fingerprint density at radius 3 is 2.11 bits per heavy atom. The monoisotopic (exact) mass is 480 g/mol. The van der Waals surface area contributed by atoms with Crippen LogP contribution in [0.25, 0.3) is 0 Å². The first-order valence-corrected chi connectivity index (χ1v) is 12.4. The van der Waals surface area contributed by atoms with Crippen LogP contribution in [0.15, 0.2) is 120 Å². The Labute approximate surface area is 208 Å². The zero-order valence-corrected chi connectivity index (χ0v) is 19.8. The summed E-state index contributed by atoms with van der Waals surface area (Å²) < 4.78 is 6.07. The van der Waals surface area contributed by atoms with Gasteiger partial charge in [-0.05, 0) is 22.3 Å². The maximum atomic E-state index is 13.6. The first-order chi connectivity index (χ1) is 17.2. The van der Waals surface area contributed by atoms with E-state index in [0.29, 0.717) is 11.3 Å². The SMILES string of the molecule is C=CC1=C(C(=O)OC(c2ccccc2)c2ccccc2)N2C(=O)C(/N=C/c3ccccc3)[C@H]2SC1. The lowest BCUT2D eigenvalue weighted by atomic mass is 10.0. The average molecular weight is 481 g/mol. The van der Waals surface area contributed by atoms with Crippen molar-refractivity contribution in [2.24, 2.45) is 4.99 Å². The van der Waals surface area contributed by atoms with Gasteiger partial charge < -0.3 is 4.74 Å². The molecule has 2 atom stereocenters. The summed E-state index contributed by atoms with van der Waals surface area (Å²) in [6, 6.07) is 28.3. The number of aliphatic imine (C=N–C) groups is 1. The molecule has 0 N–H and O–H groups in total. The molecule has 2 aliphatic heterocycles. The molecule has 0 spiro atoms. The lowest BCUT2D eigenvalue weighted by molar-refractivity contribution is -0.152. The van der Waals surface area contributed by atoms with E-state index in [-0.39, 0.29) is 17.0 Å². The Kier molecular flexibility index (Phi) is 6.64. The fraction of sp³-hybridized carbons (Fsp3) is 0.138. The van der Waals surface area contributed by atoms with Crippen LogP contribution < -0.4 is 0 Å². The van der Waals surface area contributed by atoms with E-state index in [4.69, 9.17) is 4.74 Å². The van der Waals surface area contributed by atoms with Gasteiger partial charge in [-0.15, -0.1) is 11.8 Å². The van der Waals surface area contributed by atoms with Crippen molar-refractivity contribution in [3.63, 3.8) is 0 Å². The molecule has 2 heterocycles. The predicted molar refractivity (Wildman–Crippen MR) is 139 cm³/mol. The highest BCUT2D eigenvalue weighted by Crippen LogP contribution is 2.43. The van der Waals surface area contributed by atoms with E-state index < -0.39 is 18.1 Å². The number of ether oxygens (including phenoxy) is 1. The maximum Gasteiger partial charge on any atom is 0.356 e. The molecule has 0 aliphatic carbocycles. The summed E-state index contributed by atoms with van der Waals surface area (Å²) >= 11 is 1.58. The Bertz CT molecular complexity index is 1250. The summed E-state index contributed by atoms with van der Waals surface area (Å²) in [5, 5.41) is -0.249. The minimum Gasteiger partial charge on any atom is -0.448 e. The number of amides is 1. The number of carbonyl (C=O) groups is 2. The molecule has 0 bridgehead atoms. The molecule has 0 aromatic heterocycles. The van der Waals surface area contributed by atoms with Crippen molar-refractivity contribution in [2.45, 2.75) is 17.5 Å². The number of hydrogen-bond donors (Lipinski definition) is 0. The normalized spacial score (nSPS) is 19.5. The van der Waals surface area contributed by atoms with Gasteiger partial charge in [-0.1, -0.05) is 104 Å². The lowest BCUT2D eigenvalue weighted by Gasteiger charge is -2.48. The number of rotatable bonds is 7. The van der Waals surface area contributed by atoms with Crippen LogP contribution in [0.4, 0.5) is 0 Å². The molecule has 1 saturated heterocycles. The molecular weight excluding hydrogens is 456 g/mol. The van der Waals surface area contributed by atoms with Crippen LogP contribution in [0.2, 0.25) is 0 Å². The summed E-state index contributed by atoms with van der Waals surface area (Å²) in [4.78, 5) is 32.8. The summed E-state index contributed by atoms with van der Waals surface area (Å²) in [5.41, 5.74) is 3.59. The molecule has 174 valence electrons. The van der Waals surface area contributed by atoms with E-state index >= 15 is 0 Å².